The van der Waals surface area contributed by atoms with Crippen molar-refractivity contribution in [3.63, 3.8) is 0 Å². The minimum atomic E-state index is 0.551. The van der Waals surface area contributed by atoms with Crippen LogP contribution >= 0.6 is 0 Å². The van der Waals surface area contributed by atoms with Gasteiger partial charge in [-0.15, -0.1) is 0 Å². The number of rotatable bonds is 2. The maximum Gasteiger partial charge on any atom is 0.00481 e. The molecule has 0 bridgehead atoms. The summed E-state index contributed by atoms with van der Waals surface area (Å²) in [7, 11) is 0. The van der Waals surface area contributed by atoms with Crippen LogP contribution in [0.5, 0.6) is 0 Å². The van der Waals surface area contributed by atoms with Crippen LogP contribution in [-0.4, -0.2) is 0 Å². The molecule has 0 aliphatic heterocycles. The minimum absolute atomic E-state index is 0.551. The SMILES string of the molecule is C=C1CC(=C)C(C2=CCC(C)CC2)C/C1=C/C1=C(C)C(C)=CCC1. The normalized spacial score (nSPS) is 30.5. The van der Waals surface area contributed by atoms with E-state index in [1.54, 1.807) is 5.57 Å². The summed E-state index contributed by atoms with van der Waals surface area (Å²) in [6.07, 6.45) is 15.6. The van der Waals surface area contributed by atoms with Crippen LogP contribution in [0.15, 0.2) is 70.4 Å². The molecule has 0 amide bonds. The van der Waals surface area contributed by atoms with Gasteiger partial charge in [0.15, 0.2) is 0 Å². The van der Waals surface area contributed by atoms with Crippen molar-refractivity contribution < 1.29 is 0 Å². The van der Waals surface area contributed by atoms with E-state index in [4.69, 9.17) is 0 Å². The molecule has 3 aliphatic carbocycles. The number of hydrogen-bond acceptors (Lipinski definition) is 0. The summed E-state index contributed by atoms with van der Waals surface area (Å²) >= 11 is 0. The second-order valence-corrected chi connectivity index (χ2v) is 8.10. The molecule has 2 unspecified atom stereocenters. The monoisotopic (exact) mass is 320 g/mol. The molecule has 128 valence electrons. The summed E-state index contributed by atoms with van der Waals surface area (Å²) in [5.41, 5.74) is 10.2. The molecule has 24 heavy (non-hydrogen) atoms. The molecule has 0 aromatic rings. The van der Waals surface area contributed by atoms with E-state index in [1.807, 2.05) is 0 Å². The van der Waals surface area contributed by atoms with Gasteiger partial charge >= 0.3 is 0 Å². The summed E-state index contributed by atoms with van der Waals surface area (Å²) in [5.74, 6) is 1.40. The van der Waals surface area contributed by atoms with E-state index in [0.29, 0.717) is 5.92 Å². The predicted octanol–water partition coefficient (Wildman–Crippen LogP) is 7.24. The summed E-state index contributed by atoms with van der Waals surface area (Å²) < 4.78 is 0. The fourth-order valence-electron chi connectivity index (χ4n) is 4.30. The molecule has 0 heteroatoms. The zero-order valence-electron chi connectivity index (χ0n) is 15.8. The van der Waals surface area contributed by atoms with E-state index in [9.17, 15) is 0 Å². The average molecular weight is 321 g/mol. The van der Waals surface area contributed by atoms with E-state index >= 15 is 0 Å². The van der Waals surface area contributed by atoms with E-state index in [0.717, 1.165) is 18.8 Å². The highest BCUT2D eigenvalue weighted by Gasteiger charge is 2.27. The smallest absolute Gasteiger partial charge is 0.00481 e. The van der Waals surface area contributed by atoms with Gasteiger partial charge in [0.25, 0.3) is 0 Å². The third-order valence-corrected chi connectivity index (χ3v) is 6.25. The molecule has 0 heterocycles. The Hall–Kier alpha value is -1.56. The lowest BCUT2D eigenvalue weighted by Crippen LogP contribution is -2.18. The zero-order chi connectivity index (χ0) is 17.3. The van der Waals surface area contributed by atoms with Crippen molar-refractivity contribution in [3.05, 3.63) is 70.4 Å². The Morgan fingerprint density at radius 2 is 1.92 bits per heavy atom. The molecule has 3 aliphatic rings. The molecule has 2 atom stereocenters. The molecule has 1 saturated carbocycles. The Morgan fingerprint density at radius 1 is 1.12 bits per heavy atom. The van der Waals surface area contributed by atoms with Gasteiger partial charge < -0.3 is 0 Å². The minimum Gasteiger partial charge on any atom is -0.0989 e. The predicted molar refractivity (Wildman–Crippen MR) is 106 cm³/mol. The molecule has 3 rings (SSSR count). The van der Waals surface area contributed by atoms with E-state index < -0.39 is 0 Å². The average Bonchev–Trinajstić information content (AvgIpc) is 2.55. The van der Waals surface area contributed by atoms with Gasteiger partial charge in [0.1, 0.15) is 0 Å². The molecular formula is C24H32. The molecule has 1 fully saturated rings. The lowest BCUT2D eigenvalue weighted by molar-refractivity contribution is 0.481. The van der Waals surface area contributed by atoms with Crippen LogP contribution in [0.25, 0.3) is 0 Å². The van der Waals surface area contributed by atoms with Gasteiger partial charge in [-0.25, -0.2) is 0 Å². The van der Waals surface area contributed by atoms with Crippen molar-refractivity contribution in [2.75, 3.05) is 0 Å². The van der Waals surface area contributed by atoms with Crippen molar-refractivity contribution in [3.8, 4) is 0 Å². The maximum absolute atomic E-state index is 4.40. The van der Waals surface area contributed by atoms with Crippen LogP contribution in [0, 0.1) is 11.8 Å². The van der Waals surface area contributed by atoms with Crippen molar-refractivity contribution >= 4 is 0 Å². The molecule has 0 radical (unpaired) electrons. The number of allylic oxidation sites excluding steroid dienone is 10. The Kier molecular flexibility index (Phi) is 5.13. The van der Waals surface area contributed by atoms with Gasteiger partial charge in [0.2, 0.25) is 0 Å². The first-order valence-electron chi connectivity index (χ1n) is 9.58. The van der Waals surface area contributed by atoms with Crippen molar-refractivity contribution in [1.82, 2.24) is 0 Å². The Labute approximate surface area is 148 Å². The first-order chi connectivity index (χ1) is 11.5. The Bertz CT molecular complexity index is 675. The largest absolute Gasteiger partial charge is 0.0989 e. The van der Waals surface area contributed by atoms with Crippen molar-refractivity contribution in [2.24, 2.45) is 11.8 Å². The summed E-state index contributed by atoms with van der Waals surface area (Å²) in [5, 5.41) is 0. The van der Waals surface area contributed by atoms with Crippen molar-refractivity contribution in [2.45, 2.75) is 65.7 Å². The van der Waals surface area contributed by atoms with Crippen LogP contribution in [-0.2, 0) is 0 Å². The van der Waals surface area contributed by atoms with Gasteiger partial charge in [-0.05, 0) is 87.0 Å². The zero-order valence-corrected chi connectivity index (χ0v) is 15.8. The van der Waals surface area contributed by atoms with E-state index in [1.165, 1.54) is 65.5 Å². The van der Waals surface area contributed by atoms with Gasteiger partial charge in [0, 0.05) is 5.92 Å². The molecule has 0 aromatic carbocycles. The molecule has 0 N–H and O–H groups in total. The van der Waals surface area contributed by atoms with Crippen LogP contribution in [0.4, 0.5) is 0 Å². The summed E-state index contributed by atoms with van der Waals surface area (Å²) in [6.45, 7) is 15.6. The standard InChI is InChI=1S/C24H32/c1-16-9-11-21(12-10-16)24-15-23(18(3)13-19(24)4)14-22-8-6-7-17(2)20(22)5/h7,11,14,16,24H,3-4,6,8-10,12-13,15H2,1-2,5H3/b23-14-. The highest BCUT2D eigenvalue weighted by molar-refractivity contribution is 5.48. The molecule has 0 saturated heterocycles. The van der Waals surface area contributed by atoms with Gasteiger partial charge in [-0.3, -0.25) is 0 Å². The second kappa shape index (κ2) is 7.13. The lowest BCUT2D eigenvalue weighted by Gasteiger charge is -2.33. The second-order valence-electron chi connectivity index (χ2n) is 8.10. The third-order valence-electron chi connectivity index (χ3n) is 6.25. The summed E-state index contributed by atoms with van der Waals surface area (Å²) in [6, 6.07) is 0. The van der Waals surface area contributed by atoms with E-state index in [-0.39, 0.29) is 0 Å². The highest BCUT2D eigenvalue weighted by Crippen LogP contribution is 2.43. The van der Waals surface area contributed by atoms with Crippen LogP contribution in [0.2, 0.25) is 0 Å². The van der Waals surface area contributed by atoms with Crippen LogP contribution < -0.4 is 0 Å². The van der Waals surface area contributed by atoms with Crippen LogP contribution in [0.1, 0.15) is 65.7 Å². The first kappa shape index (κ1) is 17.3. The van der Waals surface area contributed by atoms with Gasteiger partial charge in [-0.1, -0.05) is 55.0 Å². The lowest BCUT2D eigenvalue weighted by atomic mass is 9.72. The fraction of sp³-hybridized carbons (Fsp3) is 0.500. The molecular weight excluding hydrogens is 288 g/mol. The third kappa shape index (κ3) is 3.58. The van der Waals surface area contributed by atoms with Gasteiger partial charge in [-0.2, -0.15) is 0 Å². The van der Waals surface area contributed by atoms with Crippen LogP contribution in [0.3, 0.4) is 0 Å². The van der Waals surface area contributed by atoms with Crippen molar-refractivity contribution in [1.29, 1.82) is 0 Å². The van der Waals surface area contributed by atoms with E-state index in [2.05, 4.69) is 52.2 Å². The Morgan fingerprint density at radius 3 is 2.62 bits per heavy atom. The first-order valence-corrected chi connectivity index (χ1v) is 9.58. The quantitative estimate of drug-likeness (QED) is 0.470. The topological polar surface area (TPSA) is 0 Å². The fourth-order valence-corrected chi connectivity index (χ4v) is 4.30. The molecule has 0 aromatic heterocycles. The van der Waals surface area contributed by atoms with Gasteiger partial charge in [0.05, 0.1) is 0 Å². The molecule has 0 spiro atoms. The number of hydrogen-bond donors (Lipinski definition) is 0. The maximum atomic E-state index is 4.40. The Balaban J connectivity index is 1.85. The molecule has 0 nitrogen and oxygen atoms in total. The highest BCUT2D eigenvalue weighted by atomic mass is 14.3. The summed E-state index contributed by atoms with van der Waals surface area (Å²) in [4.78, 5) is 0.